The van der Waals surface area contributed by atoms with E-state index in [1.807, 2.05) is 20.8 Å². The molecule has 0 aromatic heterocycles. The molecule has 0 aliphatic heterocycles. The number of hydrazine groups is 1. The molecule has 0 aromatic carbocycles. The quantitative estimate of drug-likeness (QED) is 0.528. The highest BCUT2D eigenvalue weighted by Crippen LogP contribution is 2.15. The number of hydrogen-bond donors (Lipinski definition) is 2. The Hall–Kier alpha value is -1.32. The standard InChI is InChI=1S/C10H18N2O2/c1-7(11-12-8(2)13)6-9(14)10(3,4)5/h6,11H,1-5H3,(H,12,13)/b7-6+. The lowest BCUT2D eigenvalue weighted by atomic mass is 9.90. The van der Waals surface area contributed by atoms with Gasteiger partial charge in [0.05, 0.1) is 0 Å². The molecular weight excluding hydrogens is 180 g/mol. The molecule has 80 valence electrons. The van der Waals surface area contributed by atoms with E-state index < -0.39 is 0 Å². The van der Waals surface area contributed by atoms with Crippen molar-refractivity contribution in [3.8, 4) is 0 Å². The van der Waals surface area contributed by atoms with Crippen molar-refractivity contribution in [2.45, 2.75) is 34.6 Å². The van der Waals surface area contributed by atoms with Gasteiger partial charge in [0.2, 0.25) is 5.91 Å². The molecule has 0 unspecified atom stereocenters. The summed E-state index contributed by atoms with van der Waals surface area (Å²) in [6.45, 7) is 8.65. The maximum atomic E-state index is 11.5. The first-order valence-corrected chi connectivity index (χ1v) is 4.49. The number of allylic oxidation sites excluding steroid dienone is 2. The van der Waals surface area contributed by atoms with E-state index in [0.717, 1.165) is 0 Å². The van der Waals surface area contributed by atoms with Gasteiger partial charge < -0.3 is 5.43 Å². The molecule has 0 heterocycles. The highest BCUT2D eigenvalue weighted by Gasteiger charge is 2.18. The van der Waals surface area contributed by atoms with Crippen molar-refractivity contribution in [2.75, 3.05) is 0 Å². The number of rotatable bonds is 3. The second-order valence-electron chi connectivity index (χ2n) is 4.25. The third kappa shape index (κ3) is 5.35. The molecule has 4 nitrogen and oxygen atoms in total. The largest absolute Gasteiger partial charge is 0.303 e. The fourth-order valence-electron chi connectivity index (χ4n) is 0.636. The minimum atomic E-state index is -0.390. The van der Waals surface area contributed by atoms with Gasteiger partial charge in [-0.25, -0.2) is 0 Å². The predicted molar refractivity (Wildman–Crippen MR) is 55.2 cm³/mol. The third-order valence-corrected chi connectivity index (χ3v) is 1.52. The SMILES string of the molecule is CC(=O)NN/C(C)=C/C(=O)C(C)(C)C. The number of amides is 1. The Bertz CT molecular complexity index is 262. The lowest BCUT2D eigenvalue weighted by Gasteiger charge is -2.14. The molecule has 0 bridgehead atoms. The lowest BCUT2D eigenvalue weighted by molar-refractivity contribution is -0.122. The van der Waals surface area contributed by atoms with Crippen LogP contribution >= 0.6 is 0 Å². The number of ketones is 1. The molecule has 0 fully saturated rings. The van der Waals surface area contributed by atoms with Gasteiger partial charge in [0.25, 0.3) is 0 Å². The first-order valence-electron chi connectivity index (χ1n) is 4.49. The molecule has 2 N–H and O–H groups in total. The van der Waals surface area contributed by atoms with Crippen LogP contribution in [0.5, 0.6) is 0 Å². The van der Waals surface area contributed by atoms with Crippen LogP contribution < -0.4 is 10.9 Å². The van der Waals surface area contributed by atoms with E-state index in [9.17, 15) is 9.59 Å². The van der Waals surface area contributed by atoms with E-state index in [4.69, 9.17) is 0 Å². The molecule has 0 atom stereocenters. The van der Waals surface area contributed by atoms with Crippen LogP contribution in [0.3, 0.4) is 0 Å². The van der Waals surface area contributed by atoms with Gasteiger partial charge in [-0.2, -0.15) is 0 Å². The van der Waals surface area contributed by atoms with Crippen LogP contribution in [0.4, 0.5) is 0 Å². The molecule has 0 aliphatic carbocycles. The fraction of sp³-hybridized carbons (Fsp3) is 0.600. The summed E-state index contributed by atoms with van der Waals surface area (Å²) in [5.74, 6) is -0.172. The Morgan fingerprint density at radius 2 is 1.57 bits per heavy atom. The monoisotopic (exact) mass is 198 g/mol. The summed E-state index contributed by atoms with van der Waals surface area (Å²) in [6, 6.07) is 0. The molecule has 4 heteroatoms. The van der Waals surface area contributed by atoms with Gasteiger partial charge in [0, 0.05) is 24.1 Å². The van der Waals surface area contributed by atoms with Gasteiger partial charge in [-0.05, 0) is 6.92 Å². The molecule has 0 saturated heterocycles. The number of nitrogens with one attached hydrogen (secondary N) is 2. The third-order valence-electron chi connectivity index (χ3n) is 1.52. The zero-order valence-electron chi connectivity index (χ0n) is 9.39. The Morgan fingerprint density at radius 3 is 1.93 bits per heavy atom. The highest BCUT2D eigenvalue weighted by molar-refractivity contribution is 5.94. The van der Waals surface area contributed by atoms with Gasteiger partial charge >= 0.3 is 0 Å². The van der Waals surface area contributed by atoms with E-state index in [1.54, 1.807) is 6.92 Å². The Labute approximate surface area is 84.7 Å². The Morgan fingerprint density at radius 1 is 1.07 bits per heavy atom. The molecular formula is C10H18N2O2. The van der Waals surface area contributed by atoms with Crippen LogP contribution in [0.1, 0.15) is 34.6 Å². The minimum absolute atomic E-state index is 0.0212. The summed E-state index contributed by atoms with van der Waals surface area (Å²) < 4.78 is 0. The Balaban J connectivity index is 4.24. The van der Waals surface area contributed by atoms with E-state index in [1.165, 1.54) is 13.0 Å². The van der Waals surface area contributed by atoms with Crippen LogP contribution in [-0.2, 0) is 9.59 Å². The summed E-state index contributed by atoms with van der Waals surface area (Å²) in [4.78, 5) is 22.0. The fourth-order valence-corrected chi connectivity index (χ4v) is 0.636. The van der Waals surface area contributed by atoms with Crippen molar-refractivity contribution in [1.82, 2.24) is 10.9 Å². The van der Waals surface area contributed by atoms with Gasteiger partial charge in [-0.1, -0.05) is 20.8 Å². The molecule has 1 amide bonds. The van der Waals surface area contributed by atoms with Crippen LogP contribution in [0, 0.1) is 5.41 Å². The Kier molecular flexibility index (Phi) is 4.34. The molecule has 0 spiro atoms. The predicted octanol–water partition coefficient (Wildman–Crippen LogP) is 1.15. The van der Waals surface area contributed by atoms with Crippen molar-refractivity contribution >= 4 is 11.7 Å². The van der Waals surface area contributed by atoms with E-state index >= 15 is 0 Å². The van der Waals surface area contributed by atoms with E-state index in [0.29, 0.717) is 5.70 Å². The topological polar surface area (TPSA) is 58.2 Å². The summed E-state index contributed by atoms with van der Waals surface area (Å²) >= 11 is 0. The number of hydrogen-bond acceptors (Lipinski definition) is 3. The van der Waals surface area contributed by atoms with Crippen LogP contribution in [0.15, 0.2) is 11.8 Å². The maximum Gasteiger partial charge on any atom is 0.235 e. The van der Waals surface area contributed by atoms with Crippen LogP contribution in [-0.4, -0.2) is 11.7 Å². The second kappa shape index (κ2) is 4.79. The first-order chi connectivity index (χ1) is 6.23. The maximum absolute atomic E-state index is 11.5. The number of carbonyl (C=O) groups excluding carboxylic acids is 2. The molecule has 0 saturated carbocycles. The lowest BCUT2D eigenvalue weighted by Crippen LogP contribution is -2.34. The molecule has 14 heavy (non-hydrogen) atoms. The number of carbonyl (C=O) groups is 2. The van der Waals surface area contributed by atoms with Crippen molar-refractivity contribution < 1.29 is 9.59 Å². The first kappa shape index (κ1) is 12.7. The van der Waals surface area contributed by atoms with E-state index in [-0.39, 0.29) is 17.1 Å². The van der Waals surface area contributed by atoms with Crippen molar-refractivity contribution in [1.29, 1.82) is 0 Å². The van der Waals surface area contributed by atoms with Gasteiger partial charge in [0.15, 0.2) is 5.78 Å². The second-order valence-corrected chi connectivity index (χ2v) is 4.25. The van der Waals surface area contributed by atoms with Crippen LogP contribution in [0.2, 0.25) is 0 Å². The summed E-state index contributed by atoms with van der Waals surface area (Å²) in [6.07, 6.45) is 1.48. The smallest absolute Gasteiger partial charge is 0.235 e. The average Bonchev–Trinajstić information content (AvgIpc) is 1.99. The molecule has 0 aliphatic rings. The van der Waals surface area contributed by atoms with Gasteiger partial charge in [-0.15, -0.1) is 0 Å². The van der Waals surface area contributed by atoms with Crippen molar-refractivity contribution in [3.05, 3.63) is 11.8 Å². The molecule has 0 rings (SSSR count). The van der Waals surface area contributed by atoms with Crippen LogP contribution in [0.25, 0.3) is 0 Å². The van der Waals surface area contributed by atoms with E-state index in [2.05, 4.69) is 10.9 Å². The zero-order valence-corrected chi connectivity index (χ0v) is 9.39. The summed E-state index contributed by atoms with van der Waals surface area (Å²) in [5.41, 5.74) is 5.25. The van der Waals surface area contributed by atoms with Crippen molar-refractivity contribution in [3.63, 3.8) is 0 Å². The minimum Gasteiger partial charge on any atom is -0.303 e. The zero-order chi connectivity index (χ0) is 11.4. The average molecular weight is 198 g/mol. The summed E-state index contributed by atoms with van der Waals surface area (Å²) in [5, 5.41) is 0. The highest BCUT2D eigenvalue weighted by atomic mass is 16.2. The molecule has 0 aromatic rings. The van der Waals surface area contributed by atoms with Gasteiger partial charge in [-0.3, -0.25) is 15.0 Å². The molecule has 0 radical (unpaired) electrons. The van der Waals surface area contributed by atoms with Crippen molar-refractivity contribution in [2.24, 2.45) is 5.41 Å². The summed E-state index contributed by atoms with van der Waals surface area (Å²) in [7, 11) is 0. The van der Waals surface area contributed by atoms with Gasteiger partial charge in [0.1, 0.15) is 0 Å². The normalized spacial score (nSPS) is 12.2.